The van der Waals surface area contributed by atoms with Gasteiger partial charge in [-0.3, -0.25) is 4.98 Å². The summed E-state index contributed by atoms with van der Waals surface area (Å²) in [5.41, 5.74) is 0.964. The summed E-state index contributed by atoms with van der Waals surface area (Å²) in [5.74, 6) is 0. The third-order valence-electron chi connectivity index (χ3n) is 2.69. The number of carbonyl (C=O) groups is 1. The maximum atomic E-state index is 11.6. The van der Waals surface area contributed by atoms with Gasteiger partial charge in [0.1, 0.15) is 0 Å². The lowest BCUT2D eigenvalue weighted by atomic mass is 10.1. The molecule has 1 aromatic rings. The fourth-order valence-corrected chi connectivity index (χ4v) is 1.72. The summed E-state index contributed by atoms with van der Waals surface area (Å²) in [6.07, 6.45) is 6.15. The van der Waals surface area contributed by atoms with Gasteiger partial charge in [0.15, 0.2) is 0 Å². The van der Waals surface area contributed by atoms with Crippen LogP contribution >= 0.6 is 0 Å². The molecule has 0 atom stereocenters. The first kappa shape index (κ1) is 11.9. The highest BCUT2D eigenvalue weighted by Gasteiger charge is 2.15. The molecule has 2 amide bonds. The molecule has 1 fully saturated rings. The van der Waals surface area contributed by atoms with Crippen molar-refractivity contribution in [3.8, 4) is 0 Å². The van der Waals surface area contributed by atoms with Gasteiger partial charge in [-0.05, 0) is 24.5 Å². The van der Waals surface area contributed by atoms with E-state index >= 15 is 0 Å². The van der Waals surface area contributed by atoms with Crippen LogP contribution < -0.4 is 10.6 Å². The number of rotatable bonds is 3. The monoisotopic (exact) mass is 234 g/mol. The van der Waals surface area contributed by atoms with Crippen molar-refractivity contribution >= 4 is 6.03 Å². The highest BCUT2D eigenvalue weighted by atomic mass is 16.5. The molecule has 1 aromatic heterocycles. The number of nitrogens with zero attached hydrogens (tertiary/aromatic N) is 1. The zero-order valence-corrected chi connectivity index (χ0v) is 9.61. The topological polar surface area (TPSA) is 63.2 Å². The third kappa shape index (κ3) is 4.03. The Labute approximate surface area is 101 Å². The number of nitrogens with one attached hydrogen (secondary N) is 2. The summed E-state index contributed by atoms with van der Waals surface area (Å²) in [6.45, 7) is 1.93. The average molecular weight is 234 g/mol. The molecule has 1 radical (unpaired) electrons. The molecule has 5 heteroatoms. The van der Waals surface area contributed by atoms with Crippen molar-refractivity contribution in [3.63, 3.8) is 0 Å². The predicted octanol–water partition coefficient (Wildman–Crippen LogP) is 0.860. The summed E-state index contributed by atoms with van der Waals surface area (Å²) in [4.78, 5) is 15.5. The van der Waals surface area contributed by atoms with Gasteiger partial charge in [-0.15, -0.1) is 0 Å². The molecule has 1 saturated heterocycles. The van der Waals surface area contributed by atoms with Crippen molar-refractivity contribution < 1.29 is 9.53 Å². The number of carbonyl (C=O) groups excluding carboxylic acids is 1. The lowest BCUT2D eigenvalue weighted by Crippen LogP contribution is -2.44. The van der Waals surface area contributed by atoms with E-state index in [0.29, 0.717) is 6.54 Å². The fourth-order valence-electron chi connectivity index (χ4n) is 1.72. The van der Waals surface area contributed by atoms with E-state index in [1.54, 1.807) is 12.3 Å². The molecule has 2 rings (SSSR count). The van der Waals surface area contributed by atoms with Crippen LogP contribution in [0.15, 0.2) is 18.3 Å². The zero-order chi connectivity index (χ0) is 11.9. The molecule has 5 nitrogen and oxygen atoms in total. The zero-order valence-electron chi connectivity index (χ0n) is 9.61. The third-order valence-corrected chi connectivity index (χ3v) is 2.69. The largest absolute Gasteiger partial charge is 0.381 e. The van der Waals surface area contributed by atoms with Crippen LogP contribution in [0.2, 0.25) is 0 Å². The molecule has 2 N–H and O–H groups in total. The number of hydrogen-bond donors (Lipinski definition) is 2. The van der Waals surface area contributed by atoms with Crippen molar-refractivity contribution in [2.24, 2.45) is 0 Å². The van der Waals surface area contributed by atoms with E-state index in [0.717, 1.165) is 31.6 Å². The Morgan fingerprint density at radius 1 is 1.53 bits per heavy atom. The minimum atomic E-state index is -0.135. The molecule has 0 unspecified atom stereocenters. The van der Waals surface area contributed by atoms with E-state index in [4.69, 9.17) is 4.74 Å². The van der Waals surface area contributed by atoms with Crippen LogP contribution in [0, 0.1) is 6.20 Å². The summed E-state index contributed by atoms with van der Waals surface area (Å²) in [5, 5.41) is 5.73. The first-order valence-electron chi connectivity index (χ1n) is 5.77. The Morgan fingerprint density at radius 3 is 3.06 bits per heavy atom. The van der Waals surface area contributed by atoms with E-state index in [2.05, 4.69) is 21.8 Å². The Hall–Kier alpha value is -1.62. The van der Waals surface area contributed by atoms with Crippen molar-refractivity contribution in [1.29, 1.82) is 0 Å². The predicted molar refractivity (Wildman–Crippen MR) is 62.3 cm³/mol. The molecular formula is C12H16N3O2. The van der Waals surface area contributed by atoms with E-state index in [1.807, 2.05) is 6.07 Å². The summed E-state index contributed by atoms with van der Waals surface area (Å²) in [6, 6.07) is 3.70. The van der Waals surface area contributed by atoms with Crippen LogP contribution in [0.3, 0.4) is 0 Å². The van der Waals surface area contributed by atoms with Crippen LogP contribution in [0.1, 0.15) is 18.4 Å². The summed E-state index contributed by atoms with van der Waals surface area (Å²) in [7, 11) is 0. The molecule has 1 aliphatic heterocycles. The molecule has 0 aromatic carbocycles. The summed E-state index contributed by atoms with van der Waals surface area (Å²) >= 11 is 0. The van der Waals surface area contributed by atoms with Crippen molar-refractivity contribution in [1.82, 2.24) is 15.6 Å². The second-order valence-corrected chi connectivity index (χ2v) is 4.01. The number of urea groups is 1. The minimum Gasteiger partial charge on any atom is -0.381 e. The SMILES string of the molecule is O=C(NCc1cc[c]nc1)NC1CCOCC1. The van der Waals surface area contributed by atoms with Crippen LogP contribution in [0.25, 0.3) is 0 Å². The molecule has 1 aliphatic rings. The van der Waals surface area contributed by atoms with Gasteiger partial charge in [-0.1, -0.05) is 6.07 Å². The molecular weight excluding hydrogens is 218 g/mol. The second-order valence-electron chi connectivity index (χ2n) is 4.01. The fraction of sp³-hybridized carbons (Fsp3) is 0.500. The van der Waals surface area contributed by atoms with Crippen LogP contribution in [-0.4, -0.2) is 30.3 Å². The van der Waals surface area contributed by atoms with Gasteiger partial charge >= 0.3 is 6.03 Å². The smallest absolute Gasteiger partial charge is 0.315 e. The van der Waals surface area contributed by atoms with E-state index in [1.165, 1.54) is 0 Å². The van der Waals surface area contributed by atoms with Gasteiger partial charge in [0.2, 0.25) is 0 Å². The maximum Gasteiger partial charge on any atom is 0.315 e. The minimum absolute atomic E-state index is 0.135. The van der Waals surface area contributed by atoms with Crippen LogP contribution in [0.4, 0.5) is 4.79 Å². The molecule has 2 heterocycles. The molecule has 0 saturated carbocycles. The second kappa shape index (κ2) is 6.20. The quantitative estimate of drug-likeness (QED) is 0.815. The Morgan fingerprint density at radius 2 is 2.35 bits per heavy atom. The van der Waals surface area contributed by atoms with Crippen molar-refractivity contribution in [3.05, 3.63) is 30.1 Å². The standard InChI is InChI=1S/C12H16N3O2/c16-12(15-11-3-6-17-7-4-11)14-9-10-2-1-5-13-8-10/h1-2,8,11H,3-4,6-7,9H2,(H2,14,15,16). The number of aromatic nitrogens is 1. The molecule has 0 aliphatic carbocycles. The van der Waals surface area contributed by atoms with E-state index in [9.17, 15) is 4.79 Å². The van der Waals surface area contributed by atoms with Gasteiger partial charge in [0.25, 0.3) is 0 Å². The van der Waals surface area contributed by atoms with Gasteiger partial charge in [0, 0.05) is 32.0 Å². The normalized spacial score (nSPS) is 16.5. The van der Waals surface area contributed by atoms with Crippen LogP contribution in [0.5, 0.6) is 0 Å². The molecule has 0 bridgehead atoms. The number of hydrogen-bond acceptors (Lipinski definition) is 3. The van der Waals surface area contributed by atoms with Crippen molar-refractivity contribution in [2.75, 3.05) is 13.2 Å². The lowest BCUT2D eigenvalue weighted by Gasteiger charge is -2.23. The van der Waals surface area contributed by atoms with Crippen molar-refractivity contribution in [2.45, 2.75) is 25.4 Å². The summed E-state index contributed by atoms with van der Waals surface area (Å²) < 4.78 is 5.23. The molecule has 17 heavy (non-hydrogen) atoms. The number of amides is 2. The Balaban J connectivity index is 1.70. The molecule has 0 spiro atoms. The van der Waals surface area contributed by atoms with Gasteiger partial charge < -0.3 is 15.4 Å². The number of ether oxygens (including phenoxy) is 1. The number of pyridine rings is 1. The highest BCUT2D eigenvalue weighted by molar-refractivity contribution is 5.74. The Kier molecular flexibility index (Phi) is 4.32. The lowest BCUT2D eigenvalue weighted by molar-refractivity contribution is 0.0801. The highest BCUT2D eigenvalue weighted by Crippen LogP contribution is 2.05. The Bertz CT molecular complexity index is 350. The van der Waals surface area contributed by atoms with Gasteiger partial charge in [0.05, 0.1) is 6.20 Å². The van der Waals surface area contributed by atoms with E-state index < -0.39 is 0 Å². The van der Waals surface area contributed by atoms with Crippen LogP contribution in [-0.2, 0) is 11.3 Å². The van der Waals surface area contributed by atoms with Gasteiger partial charge in [-0.25, -0.2) is 4.79 Å². The first-order chi connectivity index (χ1) is 8.34. The maximum absolute atomic E-state index is 11.6. The van der Waals surface area contributed by atoms with E-state index in [-0.39, 0.29) is 12.1 Å². The first-order valence-corrected chi connectivity index (χ1v) is 5.77. The molecule has 91 valence electrons. The average Bonchev–Trinajstić information content (AvgIpc) is 2.39. The van der Waals surface area contributed by atoms with Gasteiger partial charge in [-0.2, -0.15) is 0 Å².